The molecule has 0 aromatic heterocycles. The van der Waals surface area contributed by atoms with Crippen LogP contribution in [0.3, 0.4) is 0 Å². The summed E-state index contributed by atoms with van der Waals surface area (Å²) in [5.74, 6) is -0.777. The highest BCUT2D eigenvalue weighted by molar-refractivity contribution is 9.10. The van der Waals surface area contributed by atoms with Crippen molar-refractivity contribution in [3.63, 3.8) is 0 Å². The van der Waals surface area contributed by atoms with Crippen LogP contribution in [0.4, 0.5) is 4.39 Å². The van der Waals surface area contributed by atoms with Gasteiger partial charge in [0.25, 0.3) is 0 Å². The van der Waals surface area contributed by atoms with E-state index < -0.39 is 11.9 Å². The third-order valence-corrected chi connectivity index (χ3v) is 4.51. The molecular weight excluding hydrogens is 333 g/mol. The van der Waals surface area contributed by atoms with Gasteiger partial charge in [-0.15, -0.1) is 0 Å². The molecule has 0 aliphatic heterocycles. The second-order valence-electron chi connectivity index (χ2n) is 5.27. The van der Waals surface area contributed by atoms with Crippen molar-refractivity contribution >= 4 is 15.9 Å². The maximum Gasteiger partial charge on any atom is 0.143 e. The van der Waals surface area contributed by atoms with E-state index in [0.717, 1.165) is 11.1 Å². The Morgan fingerprint density at radius 2 is 1.90 bits per heavy atom. The zero-order chi connectivity index (χ0) is 15.6. The molecule has 3 N–H and O–H groups in total. The van der Waals surface area contributed by atoms with Crippen LogP contribution in [-0.2, 0) is 0 Å². The van der Waals surface area contributed by atoms with Crippen molar-refractivity contribution in [1.82, 2.24) is 0 Å². The van der Waals surface area contributed by atoms with E-state index in [4.69, 9.17) is 5.73 Å². The van der Waals surface area contributed by atoms with Gasteiger partial charge >= 0.3 is 0 Å². The average Bonchev–Trinajstić information content (AvgIpc) is 2.46. The maximum absolute atomic E-state index is 14.2. The van der Waals surface area contributed by atoms with Gasteiger partial charge in [-0.25, -0.2) is 4.39 Å². The fraction of sp³-hybridized carbons (Fsp3) is 0.294. The molecule has 0 saturated carbocycles. The lowest BCUT2D eigenvalue weighted by molar-refractivity contribution is 0.143. The number of hydrogen-bond acceptors (Lipinski definition) is 2. The first-order valence-electron chi connectivity index (χ1n) is 6.85. The standard InChI is InChI=1S/C17H19BrFNO/c1-10-6-7-12(8-11(10)2)14(9-20)17(21)13-4-3-5-15(18)16(13)19/h3-8,14,17,21H,9,20H2,1-2H3. The first-order chi connectivity index (χ1) is 9.95. The SMILES string of the molecule is Cc1ccc(C(CN)C(O)c2cccc(Br)c2F)cc1C. The minimum Gasteiger partial charge on any atom is -0.388 e. The molecule has 0 saturated heterocycles. The summed E-state index contributed by atoms with van der Waals surface area (Å²) in [5, 5.41) is 10.6. The van der Waals surface area contributed by atoms with Crippen molar-refractivity contribution < 1.29 is 9.50 Å². The van der Waals surface area contributed by atoms with Crippen molar-refractivity contribution in [2.45, 2.75) is 25.9 Å². The number of aryl methyl sites for hydroxylation is 2. The van der Waals surface area contributed by atoms with E-state index >= 15 is 0 Å². The summed E-state index contributed by atoms with van der Waals surface area (Å²) in [6, 6.07) is 10.9. The van der Waals surface area contributed by atoms with Crippen molar-refractivity contribution in [2.24, 2.45) is 5.73 Å². The molecule has 0 bridgehead atoms. The molecule has 21 heavy (non-hydrogen) atoms. The number of aliphatic hydroxyl groups excluding tert-OH is 1. The number of benzene rings is 2. The van der Waals surface area contributed by atoms with E-state index in [0.29, 0.717) is 4.47 Å². The molecule has 2 rings (SSSR count). The Morgan fingerprint density at radius 1 is 1.19 bits per heavy atom. The quantitative estimate of drug-likeness (QED) is 0.874. The highest BCUT2D eigenvalue weighted by atomic mass is 79.9. The van der Waals surface area contributed by atoms with Crippen LogP contribution in [0.5, 0.6) is 0 Å². The summed E-state index contributed by atoms with van der Waals surface area (Å²) in [4.78, 5) is 0. The third kappa shape index (κ3) is 3.34. The monoisotopic (exact) mass is 351 g/mol. The van der Waals surface area contributed by atoms with Crippen molar-refractivity contribution in [2.75, 3.05) is 6.54 Å². The van der Waals surface area contributed by atoms with Crippen LogP contribution in [-0.4, -0.2) is 11.7 Å². The Morgan fingerprint density at radius 3 is 2.52 bits per heavy atom. The van der Waals surface area contributed by atoms with Crippen LogP contribution < -0.4 is 5.73 Å². The molecule has 2 atom stereocenters. The van der Waals surface area contributed by atoms with Gasteiger partial charge in [0.2, 0.25) is 0 Å². The third-order valence-electron chi connectivity index (χ3n) is 3.89. The van der Waals surface area contributed by atoms with Gasteiger partial charge in [-0.1, -0.05) is 30.3 Å². The smallest absolute Gasteiger partial charge is 0.143 e. The first-order valence-corrected chi connectivity index (χ1v) is 7.64. The normalized spacial score (nSPS) is 14.0. The van der Waals surface area contributed by atoms with Gasteiger partial charge in [0, 0.05) is 18.0 Å². The molecule has 2 unspecified atom stereocenters. The summed E-state index contributed by atoms with van der Waals surface area (Å²) < 4.78 is 14.5. The van der Waals surface area contributed by atoms with Gasteiger partial charge in [0.05, 0.1) is 10.6 Å². The predicted octanol–water partition coefficient (Wildman–Crippen LogP) is 3.98. The van der Waals surface area contributed by atoms with Gasteiger partial charge < -0.3 is 10.8 Å². The lowest BCUT2D eigenvalue weighted by Gasteiger charge is -2.23. The number of rotatable bonds is 4. The molecule has 0 spiro atoms. The Hall–Kier alpha value is -1.23. The summed E-state index contributed by atoms with van der Waals surface area (Å²) in [5.41, 5.74) is 9.32. The second-order valence-corrected chi connectivity index (χ2v) is 6.13. The molecule has 2 aromatic carbocycles. The number of hydrogen-bond donors (Lipinski definition) is 2. The lowest BCUT2D eigenvalue weighted by Crippen LogP contribution is -2.21. The molecule has 4 heteroatoms. The molecule has 2 aromatic rings. The highest BCUT2D eigenvalue weighted by Crippen LogP contribution is 2.34. The number of halogens is 2. The van der Waals surface area contributed by atoms with E-state index in [9.17, 15) is 9.50 Å². The Balaban J connectivity index is 2.40. The van der Waals surface area contributed by atoms with Crippen LogP contribution in [0.1, 0.15) is 34.3 Å². The molecule has 0 radical (unpaired) electrons. The van der Waals surface area contributed by atoms with Gasteiger partial charge in [0.15, 0.2) is 0 Å². The van der Waals surface area contributed by atoms with Crippen molar-refractivity contribution in [3.8, 4) is 0 Å². The molecule has 0 aliphatic carbocycles. The number of nitrogens with two attached hydrogens (primary N) is 1. The largest absolute Gasteiger partial charge is 0.388 e. The first kappa shape index (κ1) is 16.1. The molecule has 0 heterocycles. The summed E-state index contributed by atoms with van der Waals surface area (Å²) in [6.07, 6.45) is -0.977. The van der Waals surface area contributed by atoms with E-state index in [2.05, 4.69) is 15.9 Å². The minimum atomic E-state index is -0.977. The topological polar surface area (TPSA) is 46.2 Å². The Kier molecular flexibility index (Phi) is 5.14. The lowest BCUT2D eigenvalue weighted by atomic mass is 9.87. The molecule has 0 amide bonds. The van der Waals surface area contributed by atoms with E-state index in [1.165, 1.54) is 5.56 Å². The Bertz CT molecular complexity index is 645. The van der Waals surface area contributed by atoms with Gasteiger partial charge in [0.1, 0.15) is 5.82 Å². The average molecular weight is 352 g/mol. The van der Waals surface area contributed by atoms with Crippen molar-refractivity contribution in [3.05, 3.63) is 68.9 Å². The summed E-state index contributed by atoms with van der Waals surface area (Å²) >= 11 is 3.15. The van der Waals surface area contributed by atoms with Crippen molar-refractivity contribution in [1.29, 1.82) is 0 Å². The predicted molar refractivity (Wildman–Crippen MR) is 86.8 cm³/mol. The molecule has 2 nitrogen and oxygen atoms in total. The van der Waals surface area contributed by atoms with Crippen LogP contribution in [0, 0.1) is 19.7 Å². The van der Waals surface area contributed by atoms with Crippen LogP contribution in [0.2, 0.25) is 0 Å². The second kappa shape index (κ2) is 6.69. The van der Waals surface area contributed by atoms with E-state index in [1.807, 2.05) is 32.0 Å². The zero-order valence-electron chi connectivity index (χ0n) is 12.1. The molecular formula is C17H19BrFNO. The van der Waals surface area contributed by atoms with E-state index in [-0.39, 0.29) is 18.0 Å². The van der Waals surface area contributed by atoms with E-state index in [1.54, 1.807) is 18.2 Å². The summed E-state index contributed by atoms with van der Waals surface area (Å²) in [7, 11) is 0. The van der Waals surface area contributed by atoms with Gasteiger partial charge in [-0.05, 0) is 52.5 Å². The van der Waals surface area contributed by atoms with Gasteiger partial charge in [-0.3, -0.25) is 0 Å². The Labute approximate surface area is 132 Å². The summed E-state index contributed by atoms with van der Waals surface area (Å²) in [6.45, 7) is 4.29. The molecule has 0 aliphatic rings. The maximum atomic E-state index is 14.2. The van der Waals surface area contributed by atoms with Gasteiger partial charge in [-0.2, -0.15) is 0 Å². The van der Waals surface area contributed by atoms with Crippen LogP contribution >= 0.6 is 15.9 Å². The van der Waals surface area contributed by atoms with Crippen LogP contribution in [0.15, 0.2) is 40.9 Å². The highest BCUT2D eigenvalue weighted by Gasteiger charge is 2.25. The zero-order valence-corrected chi connectivity index (χ0v) is 13.7. The van der Waals surface area contributed by atoms with Crippen LogP contribution in [0.25, 0.3) is 0 Å². The minimum absolute atomic E-state index is 0.246. The fourth-order valence-corrected chi connectivity index (χ4v) is 2.79. The fourth-order valence-electron chi connectivity index (χ4n) is 2.41. The number of aliphatic hydroxyl groups is 1. The molecule has 0 fully saturated rings. The molecule has 112 valence electrons.